The van der Waals surface area contributed by atoms with E-state index in [9.17, 15) is 19.8 Å². The number of hydrogen-bond acceptors (Lipinski definition) is 3. The second-order valence-electron chi connectivity index (χ2n) is 5.58. The first kappa shape index (κ1) is 13.8. The molecule has 5 heteroatoms. The number of rotatable bonds is 4. The molecular weight excluding hydrogens is 272 g/mol. The van der Waals surface area contributed by atoms with Crippen molar-refractivity contribution in [2.75, 3.05) is 0 Å². The van der Waals surface area contributed by atoms with Gasteiger partial charge in [-0.05, 0) is 23.8 Å². The summed E-state index contributed by atoms with van der Waals surface area (Å²) < 4.78 is 5.64. The number of fused-ring (bicyclic) bond motifs is 2. The van der Waals surface area contributed by atoms with E-state index in [1.807, 2.05) is 37.3 Å². The lowest BCUT2D eigenvalue weighted by Crippen LogP contribution is -2.30. The fourth-order valence-electron chi connectivity index (χ4n) is 3.46. The molecule has 1 saturated heterocycles. The molecule has 0 radical (unpaired) electrons. The number of carbonyl (C=O) groups is 2. The highest BCUT2D eigenvalue weighted by Gasteiger charge is 2.53. The van der Waals surface area contributed by atoms with Crippen molar-refractivity contribution in [1.29, 1.82) is 0 Å². The monoisotopic (exact) mass is 288 g/mol. The minimum Gasteiger partial charge on any atom is -0.478 e. The summed E-state index contributed by atoms with van der Waals surface area (Å²) in [6.07, 6.45) is -0.678. The first-order valence-electron chi connectivity index (χ1n) is 6.91. The zero-order chi connectivity index (χ0) is 15.1. The number of aliphatic carboxylic acids is 2. The normalized spacial score (nSPS) is 28.7. The van der Waals surface area contributed by atoms with Gasteiger partial charge in [0.25, 0.3) is 0 Å². The minimum absolute atomic E-state index is 0.00778. The smallest absolute Gasteiger partial charge is 0.334 e. The highest BCUT2D eigenvalue weighted by atomic mass is 16.5. The standard InChI is InChI=1S/C16H16O5/c1-8(9-5-3-2-4-6-9)10-7-11-12(15(17)18)13(16(19)20)14(10)21-11/h2-6,8,10-11,14H,7H2,1H3,(H,17,18)(H,19,20). The molecule has 1 fully saturated rings. The lowest BCUT2D eigenvalue weighted by Gasteiger charge is -2.26. The molecule has 4 atom stereocenters. The summed E-state index contributed by atoms with van der Waals surface area (Å²) in [6, 6.07) is 9.81. The average Bonchev–Trinajstić information content (AvgIpc) is 3.05. The molecule has 0 aliphatic carbocycles. The third kappa shape index (κ3) is 2.14. The maximum absolute atomic E-state index is 11.4. The van der Waals surface area contributed by atoms with Crippen molar-refractivity contribution < 1.29 is 24.5 Å². The minimum atomic E-state index is -1.19. The van der Waals surface area contributed by atoms with Gasteiger partial charge in [0.2, 0.25) is 0 Å². The van der Waals surface area contributed by atoms with Crippen LogP contribution in [0.25, 0.3) is 0 Å². The lowest BCUT2D eigenvalue weighted by atomic mass is 9.75. The summed E-state index contributed by atoms with van der Waals surface area (Å²) in [5.74, 6) is -2.27. The van der Waals surface area contributed by atoms with Crippen LogP contribution in [-0.4, -0.2) is 34.4 Å². The van der Waals surface area contributed by atoms with Gasteiger partial charge in [0, 0.05) is 0 Å². The van der Waals surface area contributed by atoms with Gasteiger partial charge >= 0.3 is 11.9 Å². The molecule has 1 aromatic carbocycles. The van der Waals surface area contributed by atoms with Crippen LogP contribution >= 0.6 is 0 Å². The Hall–Kier alpha value is -2.14. The quantitative estimate of drug-likeness (QED) is 0.885. The Morgan fingerprint density at radius 2 is 1.76 bits per heavy atom. The first-order valence-corrected chi connectivity index (χ1v) is 6.91. The van der Waals surface area contributed by atoms with Gasteiger partial charge in [-0.3, -0.25) is 0 Å². The molecule has 4 unspecified atom stereocenters. The van der Waals surface area contributed by atoms with Crippen molar-refractivity contribution >= 4 is 11.9 Å². The zero-order valence-corrected chi connectivity index (χ0v) is 11.5. The van der Waals surface area contributed by atoms with E-state index in [4.69, 9.17) is 4.74 Å². The molecule has 2 aliphatic rings. The molecule has 0 aromatic heterocycles. The molecule has 2 N–H and O–H groups in total. The van der Waals surface area contributed by atoms with Crippen LogP contribution in [0.15, 0.2) is 41.5 Å². The van der Waals surface area contributed by atoms with E-state index in [1.165, 1.54) is 0 Å². The van der Waals surface area contributed by atoms with Gasteiger partial charge in [-0.15, -0.1) is 0 Å². The van der Waals surface area contributed by atoms with Crippen molar-refractivity contribution in [3.05, 3.63) is 47.0 Å². The number of ether oxygens (including phenoxy) is 1. The van der Waals surface area contributed by atoms with Crippen LogP contribution in [-0.2, 0) is 14.3 Å². The van der Waals surface area contributed by atoms with Crippen molar-refractivity contribution in [3.63, 3.8) is 0 Å². The Bertz CT molecular complexity index is 619. The molecule has 1 aromatic rings. The van der Waals surface area contributed by atoms with Crippen molar-refractivity contribution in [1.82, 2.24) is 0 Å². The van der Waals surface area contributed by atoms with E-state index in [-0.39, 0.29) is 23.0 Å². The molecule has 0 spiro atoms. The van der Waals surface area contributed by atoms with E-state index in [2.05, 4.69) is 0 Å². The van der Waals surface area contributed by atoms with Crippen LogP contribution in [0, 0.1) is 5.92 Å². The van der Waals surface area contributed by atoms with Gasteiger partial charge in [0.05, 0.1) is 23.4 Å². The molecule has 2 bridgehead atoms. The average molecular weight is 288 g/mol. The van der Waals surface area contributed by atoms with Gasteiger partial charge in [-0.1, -0.05) is 37.3 Å². The van der Waals surface area contributed by atoms with Gasteiger partial charge in [-0.2, -0.15) is 0 Å². The molecule has 0 saturated carbocycles. The van der Waals surface area contributed by atoms with E-state index in [0.29, 0.717) is 6.42 Å². The summed E-state index contributed by atoms with van der Waals surface area (Å²) >= 11 is 0. The van der Waals surface area contributed by atoms with Crippen LogP contribution in [0.5, 0.6) is 0 Å². The van der Waals surface area contributed by atoms with E-state index in [1.54, 1.807) is 0 Å². The van der Waals surface area contributed by atoms with Crippen LogP contribution in [0.1, 0.15) is 24.8 Å². The Morgan fingerprint density at radius 3 is 2.33 bits per heavy atom. The SMILES string of the molecule is CC(c1ccccc1)C1CC2OC1C(C(=O)O)=C2C(=O)O. The highest BCUT2D eigenvalue weighted by molar-refractivity contribution is 6.01. The molecule has 5 nitrogen and oxygen atoms in total. The second kappa shape index (κ2) is 5.00. The fourth-order valence-corrected chi connectivity index (χ4v) is 3.46. The first-order chi connectivity index (χ1) is 10.0. The van der Waals surface area contributed by atoms with E-state index in [0.717, 1.165) is 5.56 Å². The largest absolute Gasteiger partial charge is 0.478 e. The third-order valence-corrected chi connectivity index (χ3v) is 4.51. The van der Waals surface area contributed by atoms with Crippen LogP contribution in [0.3, 0.4) is 0 Å². The van der Waals surface area contributed by atoms with Crippen molar-refractivity contribution in [3.8, 4) is 0 Å². The van der Waals surface area contributed by atoms with Gasteiger partial charge in [0.15, 0.2) is 0 Å². The van der Waals surface area contributed by atoms with Gasteiger partial charge in [-0.25, -0.2) is 9.59 Å². The molecule has 3 rings (SSSR count). The summed E-state index contributed by atoms with van der Waals surface area (Å²) in [5, 5.41) is 18.5. The van der Waals surface area contributed by atoms with Crippen LogP contribution < -0.4 is 0 Å². The van der Waals surface area contributed by atoms with Crippen LogP contribution in [0.4, 0.5) is 0 Å². The van der Waals surface area contributed by atoms with Gasteiger partial charge < -0.3 is 14.9 Å². The number of hydrogen-bond donors (Lipinski definition) is 2. The Kier molecular flexibility index (Phi) is 3.29. The van der Waals surface area contributed by atoms with Crippen molar-refractivity contribution in [2.45, 2.75) is 31.5 Å². The number of carboxylic acid groups (broad SMARTS) is 2. The molecular formula is C16H16O5. The maximum atomic E-state index is 11.4. The highest BCUT2D eigenvalue weighted by Crippen LogP contribution is 2.48. The Labute approximate surface area is 121 Å². The predicted octanol–water partition coefficient (Wildman–Crippen LogP) is 2.04. The molecule has 2 heterocycles. The lowest BCUT2D eigenvalue weighted by molar-refractivity contribution is -0.136. The number of benzene rings is 1. The summed E-state index contributed by atoms with van der Waals surface area (Å²) in [6.45, 7) is 2.03. The van der Waals surface area contributed by atoms with Crippen LogP contribution in [0.2, 0.25) is 0 Å². The molecule has 21 heavy (non-hydrogen) atoms. The topological polar surface area (TPSA) is 83.8 Å². The van der Waals surface area contributed by atoms with Gasteiger partial charge in [0.1, 0.15) is 0 Å². The molecule has 0 amide bonds. The van der Waals surface area contributed by atoms with E-state index >= 15 is 0 Å². The molecule has 2 aliphatic heterocycles. The summed E-state index contributed by atoms with van der Waals surface area (Å²) in [5.41, 5.74) is 0.954. The fraction of sp³-hybridized carbons (Fsp3) is 0.375. The Morgan fingerprint density at radius 1 is 1.14 bits per heavy atom. The Balaban J connectivity index is 1.93. The summed E-state index contributed by atoms with van der Waals surface area (Å²) in [4.78, 5) is 22.7. The predicted molar refractivity (Wildman–Crippen MR) is 73.9 cm³/mol. The molecule has 110 valence electrons. The third-order valence-electron chi connectivity index (χ3n) is 4.51. The number of carboxylic acids is 2. The zero-order valence-electron chi connectivity index (χ0n) is 11.5. The maximum Gasteiger partial charge on any atom is 0.334 e. The van der Waals surface area contributed by atoms with Crippen molar-refractivity contribution in [2.24, 2.45) is 5.92 Å². The van der Waals surface area contributed by atoms with E-state index < -0.39 is 24.1 Å². The second-order valence-corrected chi connectivity index (χ2v) is 5.58. The summed E-state index contributed by atoms with van der Waals surface area (Å²) in [7, 11) is 0.